The van der Waals surface area contributed by atoms with Crippen molar-refractivity contribution in [1.29, 1.82) is 0 Å². The number of allylic oxidation sites excluding steroid dienone is 1. The minimum atomic E-state index is -0.0948. The number of hydrogen-bond donors (Lipinski definition) is 1. The van der Waals surface area contributed by atoms with E-state index in [1.165, 1.54) is 18.4 Å². The van der Waals surface area contributed by atoms with Gasteiger partial charge < -0.3 is 10.1 Å². The molecule has 0 bridgehead atoms. The number of benzene rings is 1. The van der Waals surface area contributed by atoms with E-state index in [1.54, 1.807) is 18.9 Å². The molecule has 1 aromatic carbocycles. The average Bonchev–Trinajstić information content (AvgIpc) is 2.54. The van der Waals surface area contributed by atoms with Crippen molar-refractivity contribution < 1.29 is 9.53 Å². The third kappa shape index (κ3) is 5.12. The zero-order valence-electron chi connectivity index (χ0n) is 12.7. The predicted octanol–water partition coefficient (Wildman–Crippen LogP) is 3.79. The number of rotatable bonds is 6. The van der Waals surface area contributed by atoms with Crippen LogP contribution in [0.5, 0.6) is 5.75 Å². The lowest BCUT2D eigenvalue weighted by atomic mass is 10.00. The molecule has 0 saturated carbocycles. The van der Waals surface area contributed by atoms with Gasteiger partial charge in [0.1, 0.15) is 5.75 Å². The molecule has 114 valence electrons. The van der Waals surface area contributed by atoms with Gasteiger partial charge in [0.15, 0.2) is 0 Å². The Bertz CT molecular complexity index is 496. The Labute approximate surface area is 131 Å². The first kappa shape index (κ1) is 16.0. The van der Waals surface area contributed by atoms with Gasteiger partial charge in [0.05, 0.1) is 12.4 Å². The number of thioether (sulfide) groups is 1. The summed E-state index contributed by atoms with van der Waals surface area (Å²) in [6.07, 6.45) is 7.08. The molecule has 1 atom stereocenters. The van der Waals surface area contributed by atoms with Gasteiger partial charge in [-0.1, -0.05) is 11.6 Å². The third-order valence-electron chi connectivity index (χ3n) is 3.62. The first-order valence-corrected chi connectivity index (χ1v) is 8.33. The van der Waals surface area contributed by atoms with Gasteiger partial charge in [-0.2, -0.15) is 0 Å². The molecule has 1 aliphatic carbocycles. The Hall–Kier alpha value is -1.42. The van der Waals surface area contributed by atoms with Crippen LogP contribution in [0.3, 0.4) is 0 Å². The Morgan fingerprint density at radius 1 is 1.33 bits per heavy atom. The van der Waals surface area contributed by atoms with Gasteiger partial charge in [-0.3, -0.25) is 4.79 Å². The third-order valence-corrected chi connectivity index (χ3v) is 4.73. The van der Waals surface area contributed by atoms with Gasteiger partial charge >= 0.3 is 0 Å². The maximum Gasteiger partial charge on any atom is 0.233 e. The van der Waals surface area contributed by atoms with E-state index in [4.69, 9.17) is 4.74 Å². The van der Waals surface area contributed by atoms with Gasteiger partial charge in [-0.15, -0.1) is 11.8 Å². The van der Waals surface area contributed by atoms with Gasteiger partial charge in [0.2, 0.25) is 5.91 Å². The Kier molecular flexibility index (Phi) is 6.18. The summed E-state index contributed by atoms with van der Waals surface area (Å²) in [5, 5.41) is 2.95. The number of ether oxygens (including phenoxy) is 1. The van der Waals surface area contributed by atoms with E-state index >= 15 is 0 Å². The molecule has 3 nitrogen and oxygen atoms in total. The number of carbonyl (C=O) groups excluding carboxylic acids is 1. The molecule has 0 radical (unpaired) electrons. The van der Waals surface area contributed by atoms with E-state index in [-0.39, 0.29) is 11.2 Å². The molecular weight excluding hydrogens is 282 g/mol. The van der Waals surface area contributed by atoms with Gasteiger partial charge in [0, 0.05) is 11.4 Å². The largest absolute Gasteiger partial charge is 0.497 e. The van der Waals surface area contributed by atoms with Crippen molar-refractivity contribution >= 4 is 17.7 Å². The highest BCUT2D eigenvalue weighted by Crippen LogP contribution is 2.25. The van der Waals surface area contributed by atoms with Gasteiger partial charge in [-0.05, 0) is 56.9 Å². The maximum atomic E-state index is 12.1. The molecule has 0 aliphatic heterocycles. The summed E-state index contributed by atoms with van der Waals surface area (Å²) in [6, 6.07) is 7.80. The second-order valence-corrected chi connectivity index (χ2v) is 6.68. The highest BCUT2D eigenvalue weighted by atomic mass is 32.2. The van der Waals surface area contributed by atoms with Gasteiger partial charge in [0.25, 0.3) is 0 Å². The molecule has 0 heterocycles. The summed E-state index contributed by atoms with van der Waals surface area (Å²) in [4.78, 5) is 13.2. The Balaban J connectivity index is 1.79. The molecular formula is C17H23NO2S. The normalized spacial score (nSPS) is 16.0. The first-order chi connectivity index (χ1) is 10.2. The van der Waals surface area contributed by atoms with E-state index < -0.39 is 0 Å². The molecule has 0 fully saturated rings. The number of amides is 1. The highest BCUT2D eigenvalue weighted by molar-refractivity contribution is 8.00. The highest BCUT2D eigenvalue weighted by Gasteiger charge is 2.15. The van der Waals surface area contributed by atoms with Crippen molar-refractivity contribution in [2.45, 2.75) is 42.8 Å². The monoisotopic (exact) mass is 305 g/mol. The fourth-order valence-corrected chi connectivity index (χ4v) is 3.21. The summed E-state index contributed by atoms with van der Waals surface area (Å²) in [5.41, 5.74) is 1.37. The van der Waals surface area contributed by atoms with Crippen LogP contribution in [0, 0.1) is 0 Å². The zero-order valence-corrected chi connectivity index (χ0v) is 13.5. The van der Waals surface area contributed by atoms with Crippen molar-refractivity contribution in [3.63, 3.8) is 0 Å². The molecule has 1 N–H and O–H groups in total. The number of methoxy groups -OCH3 is 1. The van der Waals surface area contributed by atoms with Crippen molar-refractivity contribution in [1.82, 2.24) is 5.32 Å². The van der Waals surface area contributed by atoms with Crippen LogP contribution in [0.25, 0.3) is 0 Å². The number of hydrogen-bond acceptors (Lipinski definition) is 3. The number of carbonyl (C=O) groups is 1. The Morgan fingerprint density at radius 3 is 2.71 bits per heavy atom. The molecule has 4 heteroatoms. The minimum Gasteiger partial charge on any atom is -0.497 e. The van der Waals surface area contributed by atoms with Crippen molar-refractivity contribution in [3.05, 3.63) is 35.9 Å². The topological polar surface area (TPSA) is 38.3 Å². The maximum absolute atomic E-state index is 12.1. The van der Waals surface area contributed by atoms with E-state index in [0.717, 1.165) is 23.5 Å². The van der Waals surface area contributed by atoms with Crippen molar-refractivity contribution in [3.8, 4) is 5.75 Å². The molecule has 1 amide bonds. The standard InChI is InChI=1S/C17H23NO2S/c1-13(21-16-10-8-15(20-2)9-11-16)17(19)18-12-14-6-4-3-5-7-14/h6,8-11,13H,3-5,7,12H2,1-2H3,(H,18,19)/t13-/m1/s1. The number of nitrogens with one attached hydrogen (secondary N) is 1. The van der Waals surface area contributed by atoms with Crippen LogP contribution < -0.4 is 10.1 Å². The summed E-state index contributed by atoms with van der Waals surface area (Å²) >= 11 is 1.57. The molecule has 1 aliphatic rings. The second kappa shape index (κ2) is 8.13. The summed E-state index contributed by atoms with van der Waals surface area (Å²) in [7, 11) is 1.65. The lowest BCUT2D eigenvalue weighted by Gasteiger charge is -2.16. The summed E-state index contributed by atoms with van der Waals surface area (Å²) in [6.45, 7) is 2.64. The fourth-order valence-electron chi connectivity index (χ4n) is 2.32. The molecule has 1 aromatic rings. The lowest BCUT2D eigenvalue weighted by Crippen LogP contribution is -2.32. The van der Waals surface area contributed by atoms with Crippen molar-refractivity contribution in [2.75, 3.05) is 13.7 Å². The van der Waals surface area contributed by atoms with Crippen LogP contribution in [0.1, 0.15) is 32.6 Å². The van der Waals surface area contributed by atoms with Crippen LogP contribution >= 0.6 is 11.8 Å². The van der Waals surface area contributed by atoms with Crippen LogP contribution in [0.2, 0.25) is 0 Å². The SMILES string of the molecule is COc1ccc(S[C@H](C)C(=O)NCC2=CCCCC2)cc1. The van der Waals surface area contributed by atoms with Crippen LogP contribution in [0.4, 0.5) is 0 Å². The summed E-state index contributed by atoms with van der Waals surface area (Å²) < 4.78 is 5.13. The van der Waals surface area contributed by atoms with Crippen molar-refractivity contribution in [2.24, 2.45) is 0 Å². The van der Waals surface area contributed by atoms with Crippen LogP contribution in [0.15, 0.2) is 40.8 Å². The fraction of sp³-hybridized carbons (Fsp3) is 0.471. The zero-order chi connectivity index (χ0) is 15.1. The predicted molar refractivity (Wildman–Crippen MR) is 87.9 cm³/mol. The van der Waals surface area contributed by atoms with E-state index in [9.17, 15) is 4.79 Å². The summed E-state index contributed by atoms with van der Waals surface area (Å²) in [5.74, 6) is 0.933. The smallest absolute Gasteiger partial charge is 0.233 e. The quantitative estimate of drug-likeness (QED) is 0.642. The molecule has 0 saturated heterocycles. The molecule has 0 unspecified atom stereocenters. The molecule has 21 heavy (non-hydrogen) atoms. The van der Waals surface area contributed by atoms with E-state index in [1.807, 2.05) is 31.2 Å². The van der Waals surface area contributed by atoms with Gasteiger partial charge in [-0.25, -0.2) is 0 Å². The van der Waals surface area contributed by atoms with Crippen LogP contribution in [-0.4, -0.2) is 24.8 Å². The Morgan fingerprint density at radius 2 is 2.10 bits per heavy atom. The van der Waals surface area contributed by atoms with E-state index in [0.29, 0.717) is 6.54 Å². The minimum absolute atomic E-state index is 0.0948. The second-order valence-electron chi connectivity index (χ2n) is 5.26. The molecule has 2 rings (SSSR count). The van der Waals surface area contributed by atoms with Crippen LogP contribution in [-0.2, 0) is 4.79 Å². The molecule has 0 spiro atoms. The first-order valence-electron chi connectivity index (χ1n) is 7.45. The average molecular weight is 305 g/mol. The lowest BCUT2D eigenvalue weighted by molar-refractivity contribution is -0.120. The van der Waals surface area contributed by atoms with E-state index in [2.05, 4.69) is 11.4 Å². The molecule has 0 aromatic heterocycles.